The van der Waals surface area contributed by atoms with E-state index in [2.05, 4.69) is 26.0 Å². The van der Waals surface area contributed by atoms with Crippen molar-refractivity contribution in [3.63, 3.8) is 0 Å². The van der Waals surface area contributed by atoms with Crippen molar-refractivity contribution < 1.29 is 13.2 Å². The van der Waals surface area contributed by atoms with Crippen molar-refractivity contribution in [1.29, 1.82) is 0 Å². The highest BCUT2D eigenvalue weighted by atomic mass is 79.9. The number of pyridine rings is 1. The fourth-order valence-corrected chi connectivity index (χ4v) is 4.08. The Morgan fingerprint density at radius 1 is 1.43 bits per heavy atom. The highest BCUT2D eigenvalue weighted by Gasteiger charge is 2.35. The molecule has 0 aromatic carbocycles. The van der Waals surface area contributed by atoms with Gasteiger partial charge in [-0.3, -0.25) is 9.69 Å². The molecule has 3 rings (SSSR count). The van der Waals surface area contributed by atoms with Crippen molar-refractivity contribution in [2.75, 3.05) is 17.2 Å². The third-order valence-corrected chi connectivity index (χ3v) is 5.03. The Kier molecular flexibility index (Phi) is 3.66. The van der Waals surface area contributed by atoms with E-state index in [9.17, 15) is 13.2 Å². The second kappa shape index (κ2) is 5.22. The Morgan fingerprint density at radius 3 is 2.86 bits per heavy atom. The molecule has 1 saturated heterocycles. The number of rotatable bonds is 3. The summed E-state index contributed by atoms with van der Waals surface area (Å²) in [6.45, 7) is 0.249. The van der Waals surface area contributed by atoms with Crippen molar-refractivity contribution in [2.45, 2.75) is 6.42 Å². The largest absolute Gasteiger partial charge is 0.279 e. The molecule has 21 heavy (non-hydrogen) atoms. The van der Waals surface area contributed by atoms with Gasteiger partial charge in [0.1, 0.15) is 4.60 Å². The first-order chi connectivity index (χ1) is 9.83. The average molecular weight is 394 g/mol. The first-order valence-corrected chi connectivity index (χ1v) is 9.34. The second-order valence-corrected chi connectivity index (χ2v) is 8.44. The zero-order valence-corrected chi connectivity index (χ0v) is 13.8. The van der Waals surface area contributed by atoms with Gasteiger partial charge in [-0.05, 0) is 28.1 Å². The van der Waals surface area contributed by atoms with Crippen molar-refractivity contribution in [2.24, 2.45) is 5.92 Å². The number of aromatic nitrogens is 3. The van der Waals surface area contributed by atoms with Crippen LogP contribution >= 0.6 is 26.6 Å². The summed E-state index contributed by atoms with van der Waals surface area (Å²) in [5.74, 6) is -0.503. The van der Waals surface area contributed by atoms with Crippen molar-refractivity contribution in [3.8, 4) is 0 Å². The summed E-state index contributed by atoms with van der Waals surface area (Å²) in [6, 6.07) is 5.38. The maximum atomic E-state index is 12.0. The number of hydrogen-bond acceptors (Lipinski definition) is 5. The molecule has 0 spiro atoms. The van der Waals surface area contributed by atoms with E-state index in [1.165, 1.54) is 4.90 Å². The van der Waals surface area contributed by atoms with Gasteiger partial charge in [0.25, 0.3) is 5.95 Å². The highest BCUT2D eigenvalue weighted by Crippen LogP contribution is 2.25. The molecule has 7 nitrogen and oxygen atoms in total. The molecule has 1 fully saturated rings. The first kappa shape index (κ1) is 14.7. The van der Waals surface area contributed by atoms with Crippen LogP contribution in [0.5, 0.6) is 0 Å². The Balaban J connectivity index is 1.89. The average Bonchev–Trinajstić information content (AvgIpc) is 2.91. The SMILES string of the molecule is O=C1CC(CS(=O)(=O)Cl)CN1c1nc2cccc(Br)n2n1. The van der Waals surface area contributed by atoms with Gasteiger partial charge >= 0.3 is 0 Å². The van der Waals surface area contributed by atoms with Crippen LogP contribution in [0.4, 0.5) is 5.95 Å². The van der Waals surface area contributed by atoms with Gasteiger partial charge < -0.3 is 0 Å². The summed E-state index contributed by atoms with van der Waals surface area (Å²) in [5, 5.41) is 4.26. The maximum Gasteiger partial charge on any atom is 0.252 e. The number of anilines is 1. The van der Waals surface area contributed by atoms with Crippen LogP contribution < -0.4 is 4.90 Å². The molecular formula is C11H10BrClN4O3S. The number of carbonyl (C=O) groups excluding carboxylic acids is 1. The summed E-state index contributed by atoms with van der Waals surface area (Å²) in [4.78, 5) is 17.7. The van der Waals surface area contributed by atoms with Crippen LogP contribution in [0.2, 0.25) is 0 Å². The molecule has 0 N–H and O–H groups in total. The third kappa shape index (κ3) is 3.04. The molecule has 1 aliphatic heterocycles. The van der Waals surface area contributed by atoms with E-state index in [1.54, 1.807) is 16.6 Å². The lowest BCUT2D eigenvalue weighted by Gasteiger charge is -2.10. The lowest BCUT2D eigenvalue weighted by atomic mass is 10.1. The number of amides is 1. The molecule has 112 valence electrons. The van der Waals surface area contributed by atoms with Gasteiger partial charge in [-0.2, -0.15) is 4.98 Å². The summed E-state index contributed by atoms with van der Waals surface area (Å²) >= 11 is 3.35. The molecular weight excluding hydrogens is 384 g/mol. The van der Waals surface area contributed by atoms with E-state index in [1.807, 2.05) is 6.07 Å². The molecule has 3 heterocycles. The minimum atomic E-state index is -3.63. The molecule has 0 aliphatic carbocycles. The standard InChI is InChI=1S/C11H10BrClN4O3S/c12-8-2-1-3-9-14-11(15-17(8)9)16-5-7(4-10(16)18)6-21(13,19)20/h1-3,7H,4-6H2. The summed E-state index contributed by atoms with van der Waals surface area (Å²) < 4.78 is 24.5. The summed E-state index contributed by atoms with van der Waals surface area (Å²) in [5.41, 5.74) is 0.598. The van der Waals surface area contributed by atoms with Gasteiger partial charge in [0.05, 0.1) is 5.75 Å². The summed E-state index contributed by atoms with van der Waals surface area (Å²) in [7, 11) is 1.61. The van der Waals surface area contributed by atoms with Crippen LogP contribution in [0.15, 0.2) is 22.8 Å². The molecule has 2 aromatic rings. The number of fused-ring (bicyclic) bond motifs is 1. The molecule has 0 bridgehead atoms. The number of nitrogens with zero attached hydrogens (tertiary/aromatic N) is 4. The monoisotopic (exact) mass is 392 g/mol. The molecule has 1 aliphatic rings. The fraction of sp³-hybridized carbons (Fsp3) is 0.364. The van der Waals surface area contributed by atoms with Crippen molar-refractivity contribution in [1.82, 2.24) is 14.6 Å². The molecule has 0 saturated carbocycles. The van der Waals surface area contributed by atoms with E-state index in [4.69, 9.17) is 10.7 Å². The molecule has 1 amide bonds. The van der Waals surface area contributed by atoms with Gasteiger partial charge in [0.2, 0.25) is 15.0 Å². The van der Waals surface area contributed by atoms with Gasteiger partial charge in [-0.1, -0.05) is 6.07 Å². The predicted octanol–water partition coefficient (Wildman–Crippen LogP) is 1.41. The second-order valence-electron chi connectivity index (χ2n) is 4.81. The lowest BCUT2D eigenvalue weighted by Crippen LogP contribution is -2.26. The molecule has 1 unspecified atom stereocenters. The fourth-order valence-electron chi connectivity index (χ4n) is 2.34. The van der Waals surface area contributed by atoms with E-state index >= 15 is 0 Å². The van der Waals surface area contributed by atoms with Crippen molar-refractivity contribution in [3.05, 3.63) is 22.8 Å². The van der Waals surface area contributed by atoms with E-state index in [0.717, 1.165) is 0 Å². The van der Waals surface area contributed by atoms with Crippen LogP contribution in [0, 0.1) is 5.92 Å². The maximum absolute atomic E-state index is 12.0. The molecule has 1 atom stereocenters. The molecule has 0 radical (unpaired) electrons. The van der Waals surface area contributed by atoms with Gasteiger partial charge in [-0.25, -0.2) is 12.9 Å². The topological polar surface area (TPSA) is 84.6 Å². The Labute approximate surface area is 133 Å². The Bertz CT molecular complexity index is 822. The van der Waals surface area contributed by atoms with E-state index in [-0.39, 0.29) is 36.5 Å². The quantitative estimate of drug-likeness (QED) is 0.581. The molecule has 10 heteroatoms. The van der Waals surface area contributed by atoms with Crippen LogP contribution in [-0.2, 0) is 13.8 Å². The first-order valence-electron chi connectivity index (χ1n) is 6.07. The number of halogens is 2. The van der Waals surface area contributed by atoms with Crippen molar-refractivity contribution >= 4 is 53.2 Å². The Morgan fingerprint density at radius 2 is 2.19 bits per heavy atom. The highest BCUT2D eigenvalue weighted by molar-refractivity contribution is 9.10. The van der Waals surface area contributed by atoms with Gasteiger partial charge in [-0.15, -0.1) is 5.10 Å². The number of hydrogen-bond donors (Lipinski definition) is 0. The van der Waals surface area contributed by atoms with Crippen LogP contribution in [-0.4, -0.2) is 41.2 Å². The minimum Gasteiger partial charge on any atom is -0.279 e. The lowest BCUT2D eigenvalue weighted by molar-refractivity contribution is -0.117. The van der Waals surface area contributed by atoms with Gasteiger partial charge in [0.15, 0.2) is 5.65 Å². The van der Waals surface area contributed by atoms with Crippen LogP contribution in [0.3, 0.4) is 0 Å². The normalized spacial score (nSPS) is 19.6. The predicted molar refractivity (Wildman–Crippen MR) is 80.8 cm³/mol. The van der Waals surface area contributed by atoms with E-state index < -0.39 is 9.05 Å². The smallest absolute Gasteiger partial charge is 0.252 e. The molecule has 2 aromatic heterocycles. The summed E-state index contributed by atoms with van der Waals surface area (Å²) in [6.07, 6.45) is 0.128. The Hall–Kier alpha value is -1.19. The number of carbonyl (C=O) groups is 1. The van der Waals surface area contributed by atoms with Crippen LogP contribution in [0.1, 0.15) is 6.42 Å². The minimum absolute atomic E-state index is 0.128. The van der Waals surface area contributed by atoms with Crippen LogP contribution in [0.25, 0.3) is 5.65 Å². The zero-order valence-electron chi connectivity index (χ0n) is 10.6. The third-order valence-electron chi connectivity index (χ3n) is 3.18. The van der Waals surface area contributed by atoms with E-state index in [0.29, 0.717) is 10.3 Å². The zero-order chi connectivity index (χ0) is 15.2. The van der Waals surface area contributed by atoms with Gasteiger partial charge in [0, 0.05) is 29.6 Å².